The Kier molecular flexibility index (Phi) is 3.88. The Labute approximate surface area is 108 Å². The van der Waals surface area contributed by atoms with Crippen LogP contribution in [0.3, 0.4) is 0 Å². The molecule has 18 heavy (non-hydrogen) atoms. The van der Waals surface area contributed by atoms with E-state index in [-0.39, 0.29) is 24.0 Å². The Balaban J connectivity index is 2.40. The van der Waals surface area contributed by atoms with E-state index < -0.39 is 0 Å². The summed E-state index contributed by atoms with van der Waals surface area (Å²) >= 11 is 0. The minimum Gasteiger partial charge on any atom is -0.394 e. The highest BCUT2D eigenvalue weighted by Crippen LogP contribution is 2.30. The van der Waals surface area contributed by atoms with Gasteiger partial charge in [0, 0.05) is 17.8 Å². The SMILES string of the molecule is CC1(C)CCNCC(CO)N1c1cccc(F)c1. The third-order valence-corrected chi connectivity index (χ3v) is 3.61. The van der Waals surface area contributed by atoms with Gasteiger partial charge in [-0.25, -0.2) is 4.39 Å². The van der Waals surface area contributed by atoms with Crippen LogP contribution in [0.15, 0.2) is 24.3 Å². The number of nitrogens with zero attached hydrogens (tertiary/aromatic N) is 1. The van der Waals surface area contributed by atoms with Crippen molar-refractivity contribution in [1.29, 1.82) is 0 Å². The van der Waals surface area contributed by atoms with Crippen molar-refractivity contribution in [2.45, 2.75) is 31.8 Å². The average Bonchev–Trinajstić information content (AvgIpc) is 2.47. The van der Waals surface area contributed by atoms with Gasteiger partial charge in [-0.1, -0.05) is 6.07 Å². The predicted octanol–water partition coefficient (Wildman–Crippen LogP) is 1.76. The lowest BCUT2D eigenvalue weighted by atomic mass is 9.96. The topological polar surface area (TPSA) is 35.5 Å². The summed E-state index contributed by atoms with van der Waals surface area (Å²) in [4.78, 5) is 2.13. The monoisotopic (exact) mass is 252 g/mol. The fourth-order valence-corrected chi connectivity index (χ4v) is 2.70. The van der Waals surface area contributed by atoms with Gasteiger partial charge in [-0.3, -0.25) is 0 Å². The number of rotatable bonds is 2. The van der Waals surface area contributed by atoms with Gasteiger partial charge in [-0.2, -0.15) is 0 Å². The quantitative estimate of drug-likeness (QED) is 0.842. The van der Waals surface area contributed by atoms with E-state index in [9.17, 15) is 9.50 Å². The first-order valence-electron chi connectivity index (χ1n) is 6.41. The first kappa shape index (κ1) is 13.3. The summed E-state index contributed by atoms with van der Waals surface area (Å²) in [5, 5.41) is 12.9. The van der Waals surface area contributed by atoms with Crippen LogP contribution in [0.4, 0.5) is 10.1 Å². The van der Waals surface area contributed by atoms with Crippen molar-refractivity contribution in [2.24, 2.45) is 0 Å². The molecule has 2 rings (SSSR count). The normalized spacial score (nSPS) is 23.8. The Morgan fingerprint density at radius 2 is 2.28 bits per heavy atom. The summed E-state index contributed by atoms with van der Waals surface area (Å²) in [7, 11) is 0. The molecule has 0 aliphatic carbocycles. The number of anilines is 1. The summed E-state index contributed by atoms with van der Waals surface area (Å²) in [5.74, 6) is -0.239. The Morgan fingerprint density at radius 1 is 1.50 bits per heavy atom. The number of halogens is 1. The largest absolute Gasteiger partial charge is 0.394 e. The second-order valence-corrected chi connectivity index (χ2v) is 5.45. The first-order chi connectivity index (χ1) is 8.54. The predicted molar refractivity (Wildman–Crippen MR) is 71.3 cm³/mol. The molecule has 1 saturated heterocycles. The molecule has 4 heteroatoms. The van der Waals surface area contributed by atoms with E-state index in [2.05, 4.69) is 24.1 Å². The molecule has 1 aromatic rings. The van der Waals surface area contributed by atoms with Gasteiger partial charge in [-0.15, -0.1) is 0 Å². The molecule has 0 amide bonds. The average molecular weight is 252 g/mol. The van der Waals surface area contributed by atoms with Crippen molar-refractivity contribution in [2.75, 3.05) is 24.6 Å². The number of nitrogens with one attached hydrogen (secondary N) is 1. The number of benzene rings is 1. The lowest BCUT2D eigenvalue weighted by Crippen LogP contribution is -2.52. The Morgan fingerprint density at radius 3 is 2.94 bits per heavy atom. The maximum Gasteiger partial charge on any atom is 0.125 e. The van der Waals surface area contributed by atoms with Gasteiger partial charge in [0.05, 0.1) is 12.6 Å². The standard InChI is InChI=1S/C14H21FN2O/c1-14(2)6-7-16-9-13(10-18)17(14)12-5-3-4-11(15)8-12/h3-5,8,13,16,18H,6-7,9-10H2,1-2H3. The molecule has 1 aliphatic heterocycles. The van der Waals surface area contributed by atoms with E-state index in [1.165, 1.54) is 12.1 Å². The molecular formula is C14H21FN2O. The van der Waals surface area contributed by atoms with Crippen molar-refractivity contribution in [3.8, 4) is 0 Å². The van der Waals surface area contributed by atoms with Crippen LogP contribution in [-0.2, 0) is 0 Å². The van der Waals surface area contributed by atoms with Crippen molar-refractivity contribution >= 4 is 5.69 Å². The molecule has 1 fully saturated rings. The zero-order valence-electron chi connectivity index (χ0n) is 11.0. The molecule has 1 aromatic carbocycles. The Bertz CT molecular complexity index is 409. The van der Waals surface area contributed by atoms with Gasteiger partial charge in [0.15, 0.2) is 0 Å². The van der Waals surface area contributed by atoms with Gasteiger partial charge in [-0.05, 0) is 45.0 Å². The second kappa shape index (κ2) is 5.24. The summed E-state index contributed by atoms with van der Waals surface area (Å²) in [6.45, 7) is 5.96. The van der Waals surface area contributed by atoms with E-state index >= 15 is 0 Å². The first-order valence-corrected chi connectivity index (χ1v) is 6.41. The summed E-state index contributed by atoms with van der Waals surface area (Å²) in [5.41, 5.74) is 0.729. The lowest BCUT2D eigenvalue weighted by Gasteiger charge is -2.43. The van der Waals surface area contributed by atoms with Crippen molar-refractivity contribution < 1.29 is 9.50 Å². The molecule has 1 unspecified atom stereocenters. The third-order valence-electron chi connectivity index (χ3n) is 3.61. The molecule has 0 radical (unpaired) electrons. The van der Waals surface area contributed by atoms with Gasteiger partial charge < -0.3 is 15.3 Å². The fourth-order valence-electron chi connectivity index (χ4n) is 2.70. The van der Waals surface area contributed by atoms with Gasteiger partial charge in [0.2, 0.25) is 0 Å². The van der Waals surface area contributed by atoms with Crippen molar-refractivity contribution in [3.05, 3.63) is 30.1 Å². The molecule has 2 N–H and O–H groups in total. The van der Waals surface area contributed by atoms with E-state index in [0.29, 0.717) is 0 Å². The molecule has 100 valence electrons. The van der Waals surface area contributed by atoms with Crippen LogP contribution < -0.4 is 10.2 Å². The molecule has 0 aromatic heterocycles. The van der Waals surface area contributed by atoms with E-state index in [1.807, 2.05) is 6.07 Å². The van der Waals surface area contributed by atoms with Gasteiger partial charge in [0.1, 0.15) is 5.82 Å². The molecule has 1 aliphatic rings. The smallest absolute Gasteiger partial charge is 0.125 e. The van der Waals surface area contributed by atoms with E-state index in [4.69, 9.17) is 0 Å². The van der Waals surface area contributed by atoms with Crippen LogP contribution in [0, 0.1) is 5.82 Å². The molecule has 0 saturated carbocycles. The number of hydrogen-bond donors (Lipinski definition) is 2. The molecule has 0 bridgehead atoms. The highest BCUT2D eigenvalue weighted by atomic mass is 19.1. The highest BCUT2D eigenvalue weighted by molar-refractivity contribution is 5.50. The minimum absolute atomic E-state index is 0.0238. The van der Waals surface area contributed by atoms with E-state index in [1.54, 1.807) is 6.07 Å². The third kappa shape index (κ3) is 2.65. The maximum absolute atomic E-state index is 13.4. The summed E-state index contributed by atoms with van der Waals surface area (Å²) in [6.07, 6.45) is 0.958. The van der Waals surface area contributed by atoms with Crippen LogP contribution in [0.25, 0.3) is 0 Å². The summed E-state index contributed by atoms with van der Waals surface area (Å²) in [6, 6.07) is 6.58. The lowest BCUT2D eigenvalue weighted by molar-refractivity contribution is 0.245. The van der Waals surface area contributed by atoms with Crippen LogP contribution >= 0.6 is 0 Å². The zero-order chi connectivity index (χ0) is 13.2. The van der Waals surface area contributed by atoms with E-state index in [0.717, 1.165) is 25.2 Å². The van der Waals surface area contributed by atoms with Gasteiger partial charge in [0.25, 0.3) is 0 Å². The van der Waals surface area contributed by atoms with Crippen LogP contribution in [0.5, 0.6) is 0 Å². The van der Waals surface area contributed by atoms with Crippen LogP contribution in [-0.4, -0.2) is 36.4 Å². The molecule has 1 atom stereocenters. The molecule has 3 nitrogen and oxygen atoms in total. The number of aliphatic hydroxyl groups is 1. The maximum atomic E-state index is 13.4. The molecule has 0 spiro atoms. The van der Waals surface area contributed by atoms with Crippen molar-refractivity contribution in [3.63, 3.8) is 0 Å². The fraction of sp³-hybridized carbons (Fsp3) is 0.571. The summed E-state index contributed by atoms with van der Waals surface area (Å²) < 4.78 is 13.4. The van der Waals surface area contributed by atoms with Gasteiger partial charge >= 0.3 is 0 Å². The molecular weight excluding hydrogens is 231 g/mol. The second-order valence-electron chi connectivity index (χ2n) is 5.45. The zero-order valence-corrected chi connectivity index (χ0v) is 11.0. The Hall–Kier alpha value is -1.13. The minimum atomic E-state index is -0.239. The van der Waals surface area contributed by atoms with Crippen LogP contribution in [0.1, 0.15) is 20.3 Å². The number of hydrogen-bond acceptors (Lipinski definition) is 3. The number of aliphatic hydroxyl groups excluding tert-OH is 1. The highest BCUT2D eigenvalue weighted by Gasteiger charge is 2.34. The molecule has 1 heterocycles. The van der Waals surface area contributed by atoms with Crippen molar-refractivity contribution in [1.82, 2.24) is 5.32 Å². The van der Waals surface area contributed by atoms with Crippen LogP contribution in [0.2, 0.25) is 0 Å².